The fourth-order valence-corrected chi connectivity index (χ4v) is 2.91. The molecule has 6 heteroatoms. The van der Waals surface area contributed by atoms with Crippen molar-refractivity contribution in [3.63, 3.8) is 0 Å². The molecule has 0 saturated carbocycles. The van der Waals surface area contributed by atoms with Crippen molar-refractivity contribution in [2.75, 3.05) is 7.11 Å². The number of H-pyrrole nitrogens is 1. The molecule has 3 rings (SSSR count). The molecule has 0 atom stereocenters. The number of carbonyl (C=O) groups excluding carboxylic acids is 2. The third-order valence-corrected chi connectivity index (χ3v) is 4.25. The zero-order valence-electron chi connectivity index (χ0n) is 14.8. The van der Waals surface area contributed by atoms with Gasteiger partial charge in [-0.25, -0.2) is 4.79 Å². The molecule has 2 heterocycles. The molecule has 0 unspecified atom stereocenters. The van der Waals surface area contributed by atoms with Gasteiger partial charge in [-0.15, -0.1) is 0 Å². The van der Waals surface area contributed by atoms with Gasteiger partial charge in [0.05, 0.1) is 7.11 Å². The molecule has 0 aliphatic carbocycles. The number of para-hydroxylation sites is 1. The van der Waals surface area contributed by atoms with Gasteiger partial charge in [0.2, 0.25) is 0 Å². The minimum Gasteiger partial charge on any atom is -0.465 e. The molecule has 0 aliphatic rings. The van der Waals surface area contributed by atoms with E-state index in [0.29, 0.717) is 29.9 Å². The number of carbonyl (C=O) groups is 2. The first-order chi connectivity index (χ1) is 12.6. The van der Waals surface area contributed by atoms with Gasteiger partial charge >= 0.3 is 11.9 Å². The number of aromatic nitrogens is 1. The van der Waals surface area contributed by atoms with Crippen LogP contribution in [0.2, 0.25) is 0 Å². The summed E-state index contributed by atoms with van der Waals surface area (Å²) in [5.41, 5.74) is 2.63. The van der Waals surface area contributed by atoms with E-state index in [0.717, 1.165) is 11.9 Å². The van der Waals surface area contributed by atoms with Crippen molar-refractivity contribution in [3.05, 3.63) is 59.2 Å². The Labute approximate surface area is 151 Å². The summed E-state index contributed by atoms with van der Waals surface area (Å²) in [6, 6.07) is 9.63. The predicted octanol–water partition coefficient (Wildman–Crippen LogP) is 3.92. The second-order valence-corrected chi connectivity index (χ2v) is 6.05. The zero-order chi connectivity index (χ0) is 18.5. The maximum atomic E-state index is 11.9. The molecule has 0 spiro atoms. The Morgan fingerprint density at radius 1 is 1.23 bits per heavy atom. The van der Waals surface area contributed by atoms with Crippen LogP contribution in [-0.2, 0) is 27.3 Å². The number of aromatic amines is 1. The second-order valence-electron chi connectivity index (χ2n) is 6.05. The average molecular weight is 355 g/mol. The first kappa shape index (κ1) is 17.8. The van der Waals surface area contributed by atoms with Crippen molar-refractivity contribution in [1.29, 1.82) is 0 Å². The number of fused-ring (bicyclic) bond motifs is 1. The van der Waals surface area contributed by atoms with E-state index in [1.165, 1.54) is 18.1 Å². The van der Waals surface area contributed by atoms with Gasteiger partial charge in [0.15, 0.2) is 0 Å². The molecule has 0 aliphatic heterocycles. The molecule has 0 bridgehead atoms. The van der Waals surface area contributed by atoms with E-state index in [4.69, 9.17) is 9.15 Å². The Balaban J connectivity index is 1.47. The number of hydrogen-bond acceptors (Lipinski definition) is 5. The summed E-state index contributed by atoms with van der Waals surface area (Å²) in [5, 5.41) is 1.18. The van der Waals surface area contributed by atoms with Crippen LogP contribution in [0.25, 0.3) is 10.9 Å². The molecule has 2 aromatic heterocycles. The minimum absolute atomic E-state index is 0.00372. The third-order valence-electron chi connectivity index (χ3n) is 4.25. The van der Waals surface area contributed by atoms with E-state index in [-0.39, 0.29) is 12.6 Å². The highest BCUT2D eigenvalue weighted by Gasteiger charge is 2.16. The van der Waals surface area contributed by atoms with Crippen LogP contribution in [-0.4, -0.2) is 24.0 Å². The minimum atomic E-state index is -0.470. The van der Waals surface area contributed by atoms with Crippen molar-refractivity contribution >= 4 is 22.8 Å². The Morgan fingerprint density at radius 3 is 2.85 bits per heavy atom. The monoisotopic (exact) mass is 355 g/mol. The molecule has 0 amide bonds. The summed E-state index contributed by atoms with van der Waals surface area (Å²) in [6.07, 6.45) is 3.80. The van der Waals surface area contributed by atoms with Crippen molar-refractivity contribution in [2.45, 2.75) is 32.8 Å². The van der Waals surface area contributed by atoms with Crippen LogP contribution in [0.4, 0.5) is 0 Å². The smallest absolute Gasteiger partial charge is 0.341 e. The van der Waals surface area contributed by atoms with Gasteiger partial charge in [-0.1, -0.05) is 18.2 Å². The van der Waals surface area contributed by atoms with Crippen molar-refractivity contribution < 1.29 is 23.5 Å². The van der Waals surface area contributed by atoms with Crippen molar-refractivity contribution in [3.8, 4) is 0 Å². The summed E-state index contributed by atoms with van der Waals surface area (Å²) in [5.74, 6) is 0.108. The molecule has 0 fully saturated rings. The number of ether oxygens (including phenoxy) is 2. The Hall–Kier alpha value is -3.02. The molecule has 26 heavy (non-hydrogen) atoms. The first-order valence-corrected chi connectivity index (χ1v) is 8.46. The normalized spacial score (nSPS) is 10.8. The zero-order valence-corrected chi connectivity index (χ0v) is 14.8. The SMILES string of the molecule is COC(=O)c1cc(COC(=O)CCCc2c[nH]c3ccccc23)oc1C. The second kappa shape index (κ2) is 7.91. The number of nitrogens with one attached hydrogen (secondary N) is 1. The largest absolute Gasteiger partial charge is 0.465 e. The highest BCUT2D eigenvalue weighted by Crippen LogP contribution is 2.20. The third kappa shape index (κ3) is 3.96. The topological polar surface area (TPSA) is 81.5 Å². The Morgan fingerprint density at radius 2 is 2.04 bits per heavy atom. The Bertz CT molecular complexity index is 921. The average Bonchev–Trinajstić information content (AvgIpc) is 3.23. The summed E-state index contributed by atoms with van der Waals surface area (Å²) in [4.78, 5) is 26.7. The van der Waals surface area contributed by atoms with Gasteiger partial charge in [-0.3, -0.25) is 4.79 Å². The highest BCUT2D eigenvalue weighted by atomic mass is 16.5. The fourth-order valence-electron chi connectivity index (χ4n) is 2.91. The van der Waals surface area contributed by atoms with Crippen LogP contribution in [0, 0.1) is 6.92 Å². The molecular formula is C20H21NO5. The number of benzene rings is 1. The van der Waals surface area contributed by atoms with Gasteiger partial charge < -0.3 is 18.9 Å². The standard InChI is InChI=1S/C20H21NO5/c1-13-17(20(23)24-2)10-15(26-13)12-25-19(22)9-5-6-14-11-21-18-8-4-3-7-16(14)18/h3-4,7-8,10-11,21H,5-6,9,12H2,1-2H3. The van der Waals surface area contributed by atoms with E-state index < -0.39 is 5.97 Å². The van der Waals surface area contributed by atoms with Gasteiger partial charge in [-0.05, 0) is 37.5 Å². The van der Waals surface area contributed by atoms with E-state index >= 15 is 0 Å². The van der Waals surface area contributed by atoms with Crippen molar-refractivity contribution in [1.82, 2.24) is 4.98 Å². The predicted molar refractivity (Wildman–Crippen MR) is 95.8 cm³/mol. The molecule has 1 N–H and O–H groups in total. The molecule has 3 aromatic rings. The van der Waals surface area contributed by atoms with Gasteiger partial charge in [0, 0.05) is 23.5 Å². The number of aryl methyl sites for hydroxylation is 2. The quantitative estimate of drug-likeness (QED) is 0.650. The van der Waals surface area contributed by atoms with Gasteiger partial charge in [0.1, 0.15) is 23.7 Å². The highest BCUT2D eigenvalue weighted by molar-refractivity contribution is 5.90. The molecule has 0 saturated heterocycles. The van der Waals surface area contributed by atoms with Crippen LogP contribution in [0.15, 0.2) is 40.9 Å². The number of esters is 2. The summed E-state index contributed by atoms with van der Waals surface area (Å²) in [6.45, 7) is 1.67. The number of hydrogen-bond donors (Lipinski definition) is 1. The molecule has 136 valence electrons. The van der Waals surface area contributed by atoms with E-state index in [9.17, 15) is 9.59 Å². The summed E-state index contributed by atoms with van der Waals surface area (Å²) in [7, 11) is 1.31. The maximum Gasteiger partial charge on any atom is 0.341 e. The molecule has 6 nitrogen and oxygen atoms in total. The Kier molecular flexibility index (Phi) is 5.41. The fraction of sp³-hybridized carbons (Fsp3) is 0.300. The molecule has 1 aromatic carbocycles. The summed E-state index contributed by atoms with van der Waals surface area (Å²) < 4.78 is 15.3. The lowest BCUT2D eigenvalue weighted by molar-refractivity contribution is -0.145. The lowest BCUT2D eigenvalue weighted by atomic mass is 10.1. The van der Waals surface area contributed by atoms with Crippen LogP contribution in [0.1, 0.15) is 40.3 Å². The van der Waals surface area contributed by atoms with E-state index in [1.54, 1.807) is 13.0 Å². The maximum absolute atomic E-state index is 11.9. The van der Waals surface area contributed by atoms with Crippen LogP contribution >= 0.6 is 0 Å². The van der Waals surface area contributed by atoms with E-state index in [1.807, 2.05) is 24.4 Å². The van der Waals surface area contributed by atoms with Crippen molar-refractivity contribution in [2.24, 2.45) is 0 Å². The van der Waals surface area contributed by atoms with Gasteiger partial charge in [-0.2, -0.15) is 0 Å². The van der Waals surface area contributed by atoms with E-state index in [2.05, 4.69) is 15.8 Å². The number of methoxy groups -OCH3 is 1. The van der Waals surface area contributed by atoms with Gasteiger partial charge in [0.25, 0.3) is 0 Å². The van der Waals surface area contributed by atoms with Crippen LogP contribution < -0.4 is 0 Å². The van der Waals surface area contributed by atoms with Crippen LogP contribution in [0.3, 0.4) is 0 Å². The lowest BCUT2D eigenvalue weighted by Crippen LogP contribution is -2.04. The van der Waals surface area contributed by atoms with Crippen LogP contribution in [0.5, 0.6) is 0 Å². The lowest BCUT2D eigenvalue weighted by Gasteiger charge is -2.03. The first-order valence-electron chi connectivity index (χ1n) is 8.46. The number of rotatable bonds is 7. The summed E-state index contributed by atoms with van der Waals surface area (Å²) >= 11 is 0. The number of furan rings is 1. The molecule has 0 radical (unpaired) electrons. The molecular weight excluding hydrogens is 334 g/mol.